The first-order valence-electron chi connectivity index (χ1n) is 3.78. The molecule has 0 aliphatic rings. The van der Waals surface area contributed by atoms with E-state index >= 15 is 0 Å². The van der Waals surface area contributed by atoms with Crippen molar-refractivity contribution in [2.75, 3.05) is 0 Å². The number of benzene rings is 1. The molecule has 0 unspecified atom stereocenters. The fraction of sp³-hybridized carbons (Fsp3) is 0.222. The molecule has 5 heteroatoms. The van der Waals surface area contributed by atoms with E-state index < -0.39 is 0 Å². The Morgan fingerprint density at radius 3 is 2.36 bits per heavy atom. The van der Waals surface area contributed by atoms with Gasteiger partial charge in [0.25, 0.3) is 0 Å². The first-order valence-corrected chi connectivity index (χ1v) is 3.78. The predicted octanol–water partition coefficient (Wildman–Crippen LogP) is 3.22. The maximum Gasteiger partial charge on any atom is 0.0994 e. The molecule has 69 valence electrons. The van der Waals surface area contributed by atoms with E-state index in [1.54, 1.807) is 12.1 Å². The number of hydrogen-bond acceptors (Lipinski definition) is 3. The maximum atomic E-state index is 8.75. The van der Waals surface area contributed by atoms with Crippen molar-refractivity contribution in [2.24, 2.45) is 10.3 Å². The fourth-order valence-corrected chi connectivity index (χ4v) is 1.03. The molecule has 0 heterocycles. The molecule has 0 aliphatic heterocycles. The van der Waals surface area contributed by atoms with Crippen LogP contribution in [0.15, 0.2) is 22.5 Å². The van der Waals surface area contributed by atoms with Crippen LogP contribution in [0.25, 0.3) is 5.84 Å². The van der Waals surface area contributed by atoms with Gasteiger partial charge in [-0.2, -0.15) is 5.26 Å². The molecular weight excluding hydrogens is 253 g/mol. The number of rotatable bonds is 1. The first kappa shape index (κ1) is 13.2. The molecule has 0 aliphatic carbocycles. The van der Waals surface area contributed by atoms with Gasteiger partial charge in [-0.15, -0.1) is 0 Å². The van der Waals surface area contributed by atoms with Crippen LogP contribution in [0.4, 0.5) is 5.69 Å². The second kappa shape index (κ2) is 5.84. The van der Waals surface area contributed by atoms with E-state index in [2.05, 4.69) is 10.3 Å². The van der Waals surface area contributed by atoms with E-state index in [1.165, 1.54) is 0 Å². The summed E-state index contributed by atoms with van der Waals surface area (Å²) in [5.74, 6) is 6.58. The van der Waals surface area contributed by atoms with Gasteiger partial charge in [-0.25, -0.2) is 0 Å². The zero-order valence-corrected chi connectivity index (χ0v) is 10.9. The topological polar surface area (TPSA) is 72.3 Å². The van der Waals surface area contributed by atoms with Crippen molar-refractivity contribution in [3.63, 3.8) is 0 Å². The molecule has 1 aromatic rings. The monoisotopic (exact) mass is 262 g/mol. The Morgan fingerprint density at radius 1 is 1.29 bits per heavy atom. The Hall–Kier alpha value is -0.786. The molecule has 0 atom stereocenters. The van der Waals surface area contributed by atoms with Gasteiger partial charge in [0.15, 0.2) is 0 Å². The van der Waals surface area contributed by atoms with Crippen molar-refractivity contribution < 1.29 is 32.7 Å². The Balaban J connectivity index is 0.00000169. The smallest absolute Gasteiger partial charge is 0.0994 e. The number of nitriles is 1. The van der Waals surface area contributed by atoms with Gasteiger partial charge >= 0.3 is 0 Å². The summed E-state index contributed by atoms with van der Waals surface area (Å²) in [5, 5.41) is 15.2. The van der Waals surface area contributed by atoms with Crippen molar-refractivity contribution in [3.8, 4) is 6.07 Å². The van der Waals surface area contributed by atoms with Crippen LogP contribution < -0.4 is 0 Å². The van der Waals surface area contributed by atoms with Gasteiger partial charge in [-0.05, 0) is 36.7 Å². The Bertz CT molecular complexity index is 393. The summed E-state index contributed by atoms with van der Waals surface area (Å²) in [7, 11) is 0. The van der Waals surface area contributed by atoms with Crippen LogP contribution in [-0.2, 0) is 32.7 Å². The second-order valence-corrected chi connectivity index (χ2v) is 2.77. The predicted molar refractivity (Wildman–Crippen MR) is 49.5 cm³/mol. The summed E-state index contributed by atoms with van der Waals surface area (Å²) in [6.45, 7) is 3.86. The van der Waals surface area contributed by atoms with Crippen LogP contribution in [-0.4, -0.2) is 0 Å². The molecule has 0 fully saturated rings. The molecule has 0 saturated heterocycles. The summed E-state index contributed by atoms with van der Waals surface area (Å²) in [6.07, 6.45) is 0. The summed E-state index contributed by atoms with van der Waals surface area (Å²) < 4.78 is 0. The Kier molecular flexibility index (Phi) is 5.51. The van der Waals surface area contributed by atoms with Gasteiger partial charge < -0.3 is 11.0 Å². The third-order valence-electron chi connectivity index (χ3n) is 1.89. The van der Waals surface area contributed by atoms with Gasteiger partial charge in [0, 0.05) is 32.7 Å². The molecule has 0 bridgehead atoms. The molecule has 0 aromatic heterocycles. The quantitative estimate of drug-likeness (QED) is 0.565. The molecule has 0 spiro atoms. The SMILES string of the molecule is Cc1cc(C#N)c(N=N[NH-])cc1C.[Y]. The van der Waals surface area contributed by atoms with Crippen molar-refractivity contribution in [1.82, 2.24) is 0 Å². The fourth-order valence-electron chi connectivity index (χ4n) is 1.03. The van der Waals surface area contributed by atoms with Gasteiger partial charge in [0.1, 0.15) is 0 Å². The largest absolute Gasteiger partial charge is 0.398 e. The van der Waals surface area contributed by atoms with Crippen LogP contribution in [0, 0.1) is 25.2 Å². The summed E-state index contributed by atoms with van der Waals surface area (Å²) >= 11 is 0. The molecular formula is C9H9N4Y-. The number of nitrogens with zero attached hydrogens (tertiary/aromatic N) is 3. The van der Waals surface area contributed by atoms with E-state index in [0.29, 0.717) is 11.3 Å². The molecule has 0 saturated carbocycles. The van der Waals surface area contributed by atoms with Crippen molar-refractivity contribution in [3.05, 3.63) is 34.7 Å². The van der Waals surface area contributed by atoms with Crippen molar-refractivity contribution >= 4 is 5.69 Å². The third kappa shape index (κ3) is 2.86. The van der Waals surface area contributed by atoms with Crippen LogP contribution in [0.1, 0.15) is 16.7 Å². The normalized spacial score (nSPS) is 9.50. The van der Waals surface area contributed by atoms with E-state index in [-0.39, 0.29) is 32.7 Å². The van der Waals surface area contributed by atoms with Crippen molar-refractivity contribution in [2.45, 2.75) is 13.8 Å². The molecule has 14 heavy (non-hydrogen) atoms. The van der Waals surface area contributed by atoms with Crippen LogP contribution in [0.2, 0.25) is 0 Å². The molecule has 1 radical (unpaired) electrons. The van der Waals surface area contributed by atoms with Crippen LogP contribution in [0.5, 0.6) is 0 Å². The van der Waals surface area contributed by atoms with E-state index in [1.807, 2.05) is 19.9 Å². The minimum absolute atomic E-state index is 0. The Morgan fingerprint density at radius 2 is 1.86 bits per heavy atom. The first-order chi connectivity index (χ1) is 6.19. The van der Waals surface area contributed by atoms with E-state index in [0.717, 1.165) is 11.1 Å². The average Bonchev–Trinajstić information content (AvgIpc) is 2.11. The molecule has 1 N–H and O–H groups in total. The van der Waals surface area contributed by atoms with Crippen molar-refractivity contribution in [1.29, 1.82) is 5.26 Å². The van der Waals surface area contributed by atoms with Gasteiger partial charge in [0.2, 0.25) is 0 Å². The molecule has 1 aromatic carbocycles. The van der Waals surface area contributed by atoms with Gasteiger partial charge in [0.05, 0.1) is 11.6 Å². The van der Waals surface area contributed by atoms with Crippen LogP contribution >= 0.6 is 0 Å². The molecule has 0 amide bonds. The zero-order valence-electron chi connectivity index (χ0n) is 8.07. The van der Waals surface area contributed by atoms with E-state index in [4.69, 9.17) is 11.1 Å². The Labute approximate surface area is 108 Å². The third-order valence-corrected chi connectivity index (χ3v) is 1.89. The number of nitrogens with one attached hydrogen (secondary N) is 1. The number of hydrogen-bond donors (Lipinski definition) is 0. The minimum atomic E-state index is 0. The molecule has 4 nitrogen and oxygen atoms in total. The second-order valence-electron chi connectivity index (χ2n) is 2.77. The standard InChI is InChI=1S/C9H9N4.Y/c1-6-3-8(5-10)9(12-13-11)4-7(6)2;/h3-4H,1-2H3,(H-,11,12);/q-1;. The van der Waals surface area contributed by atoms with Gasteiger partial charge in [-0.3, -0.25) is 5.22 Å². The number of aryl methyl sites for hydroxylation is 2. The summed E-state index contributed by atoms with van der Waals surface area (Å²) in [6, 6.07) is 5.52. The molecule has 1 rings (SSSR count). The minimum Gasteiger partial charge on any atom is -0.398 e. The summed E-state index contributed by atoms with van der Waals surface area (Å²) in [5.41, 5.74) is 3.00. The maximum absolute atomic E-state index is 8.75. The zero-order chi connectivity index (χ0) is 9.84. The van der Waals surface area contributed by atoms with Crippen LogP contribution in [0.3, 0.4) is 0 Å². The summed E-state index contributed by atoms with van der Waals surface area (Å²) in [4.78, 5) is 0. The van der Waals surface area contributed by atoms with Gasteiger partial charge in [-0.1, -0.05) is 6.07 Å². The average molecular weight is 262 g/mol. The van der Waals surface area contributed by atoms with E-state index in [9.17, 15) is 0 Å².